The van der Waals surface area contributed by atoms with Crippen LogP contribution in [0.3, 0.4) is 0 Å². The number of benzene rings is 3. The molecule has 5 N–H and O–H groups in total. The Hall–Kier alpha value is -4.77. The number of hydrogen-bond acceptors (Lipinski definition) is 6. The van der Waals surface area contributed by atoms with E-state index in [1.54, 1.807) is 60.8 Å². The first-order valence-electron chi connectivity index (χ1n) is 11.0. The molecule has 0 aliphatic rings. The summed E-state index contributed by atoms with van der Waals surface area (Å²) in [7, 11) is -3.38. The number of pyridine rings is 1. The van der Waals surface area contributed by atoms with Crippen LogP contribution in [0.4, 0.5) is 26.2 Å². The standard InChI is InChI=1S/C26H21FN6O3S/c1-37(35,36)22-7-2-4-15(10-22)17-11-23-24(32-33-25(23)29-14-17)16-8-18(27)12-21(9-16)31-26(34)30-20-6-3-5-19(28)13-20/h2-14H,28H2,1H3,(H,29,32,33)(H2,30,31,34). The third kappa shape index (κ3) is 5.26. The van der Waals surface area contributed by atoms with Gasteiger partial charge in [-0.3, -0.25) is 5.10 Å². The second-order valence-electron chi connectivity index (χ2n) is 8.43. The number of fused-ring (bicyclic) bond motifs is 1. The van der Waals surface area contributed by atoms with Gasteiger partial charge in [0.2, 0.25) is 0 Å². The highest BCUT2D eigenvalue weighted by atomic mass is 32.2. The number of anilines is 3. The Morgan fingerprint density at radius 3 is 2.49 bits per heavy atom. The fourth-order valence-corrected chi connectivity index (χ4v) is 4.56. The Morgan fingerprint density at radius 1 is 0.919 bits per heavy atom. The molecule has 2 aromatic heterocycles. The van der Waals surface area contributed by atoms with Crippen LogP contribution in [-0.2, 0) is 9.84 Å². The van der Waals surface area contributed by atoms with Crippen molar-refractivity contribution < 1.29 is 17.6 Å². The molecule has 186 valence electrons. The first-order chi connectivity index (χ1) is 17.7. The molecule has 11 heteroatoms. The lowest BCUT2D eigenvalue weighted by molar-refractivity contribution is 0.262. The summed E-state index contributed by atoms with van der Waals surface area (Å²) < 4.78 is 38.5. The number of carbonyl (C=O) groups is 1. The van der Waals surface area contributed by atoms with Crippen molar-refractivity contribution in [1.29, 1.82) is 0 Å². The lowest BCUT2D eigenvalue weighted by Crippen LogP contribution is -2.19. The Balaban J connectivity index is 1.47. The summed E-state index contributed by atoms with van der Waals surface area (Å²) in [6.45, 7) is 0. The van der Waals surface area contributed by atoms with Gasteiger partial charge in [-0.05, 0) is 60.2 Å². The average molecular weight is 517 g/mol. The topological polar surface area (TPSA) is 143 Å². The molecule has 9 nitrogen and oxygen atoms in total. The molecule has 3 aromatic carbocycles. The molecule has 0 radical (unpaired) electrons. The SMILES string of the molecule is CS(=O)(=O)c1cccc(-c2cnc3[nH]nc(-c4cc(F)cc(NC(=O)Nc5cccc(N)c5)c4)c3c2)c1. The van der Waals surface area contributed by atoms with Crippen LogP contribution in [0, 0.1) is 5.82 Å². The summed E-state index contributed by atoms with van der Waals surface area (Å²) in [5.41, 5.74) is 9.56. The second kappa shape index (κ2) is 9.36. The number of rotatable bonds is 5. The van der Waals surface area contributed by atoms with Crippen molar-refractivity contribution >= 4 is 44.0 Å². The minimum atomic E-state index is -3.38. The van der Waals surface area contributed by atoms with Crippen LogP contribution in [0.1, 0.15) is 0 Å². The highest BCUT2D eigenvalue weighted by Gasteiger charge is 2.15. The number of H-pyrrole nitrogens is 1. The number of aromatic nitrogens is 3. The lowest BCUT2D eigenvalue weighted by atomic mass is 10.0. The number of aromatic amines is 1. The van der Waals surface area contributed by atoms with Gasteiger partial charge in [0.15, 0.2) is 15.5 Å². The van der Waals surface area contributed by atoms with Crippen LogP contribution >= 0.6 is 0 Å². The van der Waals surface area contributed by atoms with Crippen molar-refractivity contribution in [3.8, 4) is 22.4 Å². The summed E-state index contributed by atoms with van der Waals surface area (Å²) in [5.74, 6) is -0.571. The smallest absolute Gasteiger partial charge is 0.323 e. The van der Waals surface area contributed by atoms with Gasteiger partial charge < -0.3 is 16.4 Å². The number of nitrogens with two attached hydrogens (primary N) is 1. The van der Waals surface area contributed by atoms with E-state index in [1.165, 1.54) is 18.2 Å². The number of nitrogen functional groups attached to an aromatic ring is 1. The van der Waals surface area contributed by atoms with E-state index in [2.05, 4.69) is 25.8 Å². The van der Waals surface area contributed by atoms with Gasteiger partial charge in [-0.25, -0.2) is 22.6 Å². The largest absolute Gasteiger partial charge is 0.399 e. The predicted octanol–water partition coefficient (Wildman–Crippen LogP) is 5.06. The fraction of sp³-hybridized carbons (Fsp3) is 0.0385. The third-order valence-corrected chi connectivity index (χ3v) is 6.70. The summed E-state index contributed by atoms with van der Waals surface area (Å²) in [6.07, 6.45) is 2.75. The van der Waals surface area contributed by atoms with Crippen molar-refractivity contribution in [3.05, 3.63) is 84.8 Å². The van der Waals surface area contributed by atoms with Gasteiger partial charge in [-0.15, -0.1) is 0 Å². The number of urea groups is 1. The molecule has 0 saturated heterocycles. The molecule has 0 aliphatic carbocycles. The normalized spacial score (nSPS) is 11.4. The van der Waals surface area contributed by atoms with Gasteiger partial charge in [0.1, 0.15) is 11.5 Å². The van der Waals surface area contributed by atoms with Gasteiger partial charge >= 0.3 is 6.03 Å². The van der Waals surface area contributed by atoms with Gasteiger partial charge in [-0.2, -0.15) is 5.10 Å². The molecule has 0 fully saturated rings. The fourth-order valence-electron chi connectivity index (χ4n) is 3.90. The third-order valence-electron chi connectivity index (χ3n) is 5.59. The van der Waals surface area contributed by atoms with Crippen LogP contribution in [0.25, 0.3) is 33.4 Å². The van der Waals surface area contributed by atoms with Crippen LogP contribution in [-0.4, -0.2) is 35.9 Å². The molecule has 2 amide bonds. The van der Waals surface area contributed by atoms with Crippen LogP contribution in [0.15, 0.2) is 83.9 Å². The van der Waals surface area contributed by atoms with Gasteiger partial charge in [0.25, 0.3) is 0 Å². The first kappa shape index (κ1) is 23.9. The van der Waals surface area contributed by atoms with E-state index in [-0.39, 0.29) is 10.6 Å². The van der Waals surface area contributed by atoms with Crippen molar-refractivity contribution in [2.45, 2.75) is 4.90 Å². The second-order valence-corrected chi connectivity index (χ2v) is 10.4. The molecule has 0 unspecified atom stereocenters. The maximum absolute atomic E-state index is 14.6. The molecule has 0 saturated carbocycles. The van der Waals surface area contributed by atoms with Crippen molar-refractivity contribution in [2.75, 3.05) is 22.6 Å². The monoisotopic (exact) mass is 516 g/mol. The molecule has 0 aliphatic heterocycles. The number of amides is 2. The van der Waals surface area contributed by atoms with Crippen LogP contribution < -0.4 is 16.4 Å². The molecular formula is C26H21FN6O3S. The van der Waals surface area contributed by atoms with Crippen LogP contribution in [0.5, 0.6) is 0 Å². The number of nitrogens with zero attached hydrogens (tertiary/aromatic N) is 2. The molecule has 37 heavy (non-hydrogen) atoms. The quantitative estimate of drug-likeness (QED) is 0.241. The van der Waals surface area contributed by atoms with E-state index in [4.69, 9.17) is 5.73 Å². The summed E-state index contributed by atoms with van der Waals surface area (Å²) in [6, 6.07) is 18.5. The minimum absolute atomic E-state index is 0.190. The van der Waals surface area contributed by atoms with E-state index in [0.717, 1.165) is 6.26 Å². The van der Waals surface area contributed by atoms with Crippen molar-refractivity contribution in [3.63, 3.8) is 0 Å². The van der Waals surface area contributed by atoms with Gasteiger partial charge in [0.05, 0.1) is 4.90 Å². The number of hydrogen-bond donors (Lipinski definition) is 4. The predicted molar refractivity (Wildman–Crippen MR) is 141 cm³/mol. The lowest BCUT2D eigenvalue weighted by Gasteiger charge is -2.10. The maximum atomic E-state index is 14.6. The van der Waals surface area contributed by atoms with Crippen molar-refractivity contribution in [2.24, 2.45) is 0 Å². The zero-order valence-corrected chi connectivity index (χ0v) is 20.3. The van der Waals surface area contributed by atoms with Crippen LogP contribution in [0.2, 0.25) is 0 Å². The number of sulfone groups is 1. The Morgan fingerprint density at radius 2 is 1.70 bits per heavy atom. The maximum Gasteiger partial charge on any atom is 0.323 e. The molecular weight excluding hydrogens is 495 g/mol. The zero-order chi connectivity index (χ0) is 26.2. The van der Waals surface area contributed by atoms with E-state index >= 15 is 0 Å². The summed E-state index contributed by atoms with van der Waals surface area (Å²) in [4.78, 5) is 17.0. The summed E-state index contributed by atoms with van der Waals surface area (Å²) >= 11 is 0. The van der Waals surface area contributed by atoms with E-state index in [9.17, 15) is 17.6 Å². The number of halogens is 1. The minimum Gasteiger partial charge on any atom is -0.399 e. The van der Waals surface area contributed by atoms with Gasteiger partial charge in [0, 0.05) is 46.0 Å². The zero-order valence-electron chi connectivity index (χ0n) is 19.5. The highest BCUT2D eigenvalue weighted by Crippen LogP contribution is 2.32. The van der Waals surface area contributed by atoms with E-state index in [0.29, 0.717) is 44.8 Å². The molecule has 0 atom stereocenters. The van der Waals surface area contributed by atoms with E-state index < -0.39 is 21.7 Å². The molecule has 2 heterocycles. The molecule has 5 rings (SSSR count). The molecule has 5 aromatic rings. The molecule has 0 bridgehead atoms. The summed E-state index contributed by atoms with van der Waals surface area (Å²) in [5, 5.41) is 13.0. The first-order valence-corrected chi connectivity index (χ1v) is 12.9. The number of carbonyl (C=O) groups excluding carboxylic acids is 1. The van der Waals surface area contributed by atoms with E-state index in [1.807, 2.05) is 0 Å². The number of nitrogens with one attached hydrogen (secondary N) is 3. The Bertz CT molecular complexity index is 1770. The van der Waals surface area contributed by atoms with Crippen molar-refractivity contribution in [1.82, 2.24) is 15.2 Å². The van der Waals surface area contributed by atoms with Gasteiger partial charge in [-0.1, -0.05) is 18.2 Å². The Labute approximate surface area is 211 Å². The average Bonchev–Trinajstić information content (AvgIpc) is 3.26. The Kier molecular flexibility index (Phi) is 6.06. The highest BCUT2D eigenvalue weighted by molar-refractivity contribution is 7.90. The molecule has 0 spiro atoms.